The minimum Gasteiger partial charge on any atom is -0.302 e. The van der Waals surface area contributed by atoms with E-state index in [4.69, 9.17) is 5.26 Å². The van der Waals surface area contributed by atoms with Crippen molar-refractivity contribution in [2.24, 2.45) is 0 Å². The zero-order valence-electron chi connectivity index (χ0n) is 10.1. The summed E-state index contributed by atoms with van der Waals surface area (Å²) in [6.07, 6.45) is 3.18. The van der Waals surface area contributed by atoms with E-state index >= 15 is 0 Å². The smallest absolute Gasteiger partial charge is 0.227 e. The molecule has 0 heterocycles. The summed E-state index contributed by atoms with van der Waals surface area (Å²) in [6.45, 7) is 0.476. The van der Waals surface area contributed by atoms with Crippen LogP contribution in [0.25, 0.3) is 0 Å². The minimum atomic E-state index is -3.41. The van der Waals surface area contributed by atoms with E-state index in [1.807, 2.05) is 14.1 Å². The van der Waals surface area contributed by atoms with Crippen LogP contribution in [0, 0.1) is 11.3 Å². The van der Waals surface area contributed by atoms with E-state index in [1.165, 1.54) is 4.31 Å². The quantitative estimate of drug-likeness (QED) is 0.697. The van der Waals surface area contributed by atoms with Crippen LogP contribution in [0.4, 0.5) is 0 Å². The van der Waals surface area contributed by atoms with Gasteiger partial charge in [0.15, 0.2) is 5.75 Å². The average Bonchev–Trinajstić information content (AvgIpc) is 2.09. The van der Waals surface area contributed by atoms with E-state index in [9.17, 15) is 8.42 Å². The number of sulfonamides is 1. The molecule has 0 atom stereocenters. The third kappa shape index (κ3) is 2.54. The lowest BCUT2D eigenvalue weighted by Crippen LogP contribution is -2.57. The molecule has 1 rings (SSSR count). The first-order chi connectivity index (χ1) is 7.34. The van der Waals surface area contributed by atoms with Crippen molar-refractivity contribution in [1.82, 2.24) is 9.21 Å². The number of rotatable bonds is 5. The summed E-state index contributed by atoms with van der Waals surface area (Å²) in [7, 11) is 2.10. The number of nitriles is 1. The molecule has 1 fully saturated rings. The fourth-order valence-electron chi connectivity index (χ4n) is 2.04. The van der Waals surface area contributed by atoms with Crippen molar-refractivity contribution < 1.29 is 8.42 Å². The molecule has 0 aromatic heterocycles. The van der Waals surface area contributed by atoms with Gasteiger partial charge < -0.3 is 4.90 Å². The molecule has 0 aliphatic heterocycles. The normalized spacial score (nSPS) is 19.5. The highest BCUT2D eigenvalue weighted by atomic mass is 32.2. The molecular weight excluding hydrogens is 226 g/mol. The van der Waals surface area contributed by atoms with Gasteiger partial charge in [0.25, 0.3) is 0 Å². The Balaban J connectivity index is 2.71. The predicted molar refractivity (Wildman–Crippen MR) is 62.3 cm³/mol. The van der Waals surface area contributed by atoms with E-state index in [-0.39, 0.29) is 5.54 Å². The molecule has 6 heteroatoms. The van der Waals surface area contributed by atoms with Gasteiger partial charge in [0.2, 0.25) is 10.0 Å². The second-order valence-corrected chi connectivity index (χ2v) is 6.72. The van der Waals surface area contributed by atoms with Crippen LogP contribution in [-0.4, -0.2) is 56.6 Å². The van der Waals surface area contributed by atoms with Gasteiger partial charge in [-0.25, -0.2) is 12.7 Å². The van der Waals surface area contributed by atoms with E-state index in [1.54, 1.807) is 13.1 Å². The van der Waals surface area contributed by atoms with Crippen molar-refractivity contribution in [3.8, 4) is 6.07 Å². The molecule has 1 saturated carbocycles. The summed E-state index contributed by atoms with van der Waals surface area (Å²) in [5.74, 6) is -0.437. The summed E-state index contributed by atoms with van der Waals surface area (Å²) in [5, 5.41) is 8.46. The lowest BCUT2D eigenvalue weighted by atomic mass is 9.75. The monoisotopic (exact) mass is 245 g/mol. The summed E-state index contributed by atoms with van der Waals surface area (Å²) in [5.41, 5.74) is -0.0305. The van der Waals surface area contributed by atoms with Crippen molar-refractivity contribution in [2.45, 2.75) is 24.8 Å². The van der Waals surface area contributed by atoms with Crippen molar-refractivity contribution in [2.75, 3.05) is 33.4 Å². The fourth-order valence-corrected chi connectivity index (χ4v) is 2.86. The predicted octanol–water partition coefficient (Wildman–Crippen LogP) is 0.256. The fraction of sp³-hybridized carbons (Fsp3) is 0.900. The van der Waals surface area contributed by atoms with Crippen LogP contribution in [-0.2, 0) is 10.0 Å². The third-order valence-electron chi connectivity index (χ3n) is 3.47. The Bertz CT molecular complexity index is 379. The van der Waals surface area contributed by atoms with E-state index < -0.39 is 15.8 Å². The molecule has 0 saturated heterocycles. The lowest BCUT2D eigenvalue weighted by Gasteiger charge is -2.48. The molecule has 1 aliphatic rings. The third-order valence-corrected chi connectivity index (χ3v) is 5.04. The first kappa shape index (κ1) is 13.4. The van der Waals surface area contributed by atoms with E-state index in [2.05, 4.69) is 4.90 Å². The van der Waals surface area contributed by atoms with Crippen LogP contribution in [0.15, 0.2) is 0 Å². The second kappa shape index (κ2) is 4.70. The standard InChI is InChI=1S/C10H19N3O2S/c1-12(2)10(5-4-6-10)9-13(3)16(14,15)8-7-11/h4-6,8-9H2,1-3H3. The molecule has 0 aromatic carbocycles. The molecule has 0 unspecified atom stereocenters. The van der Waals surface area contributed by atoms with Gasteiger partial charge in [0.1, 0.15) is 0 Å². The lowest BCUT2D eigenvalue weighted by molar-refractivity contribution is 0.0456. The maximum Gasteiger partial charge on any atom is 0.227 e. The summed E-state index contributed by atoms with van der Waals surface area (Å²) in [6, 6.07) is 1.70. The summed E-state index contributed by atoms with van der Waals surface area (Å²) < 4.78 is 24.6. The minimum absolute atomic E-state index is 0.0305. The van der Waals surface area contributed by atoms with Gasteiger partial charge in [-0.3, -0.25) is 0 Å². The molecule has 16 heavy (non-hydrogen) atoms. The van der Waals surface area contributed by atoms with Crippen LogP contribution in [0.3, 0.4) is 0 Å². The molecule has 1 aliphatic carbocycles. The van der Waals surface area contributed by atoms with Crippen molar-refractivity contribution in [3.05, 3.63) is 0 Å². The Morgan fingerprint density at radius 2 is 1.88 bits per heavy atom. The molecule has 92 valence electrons. The largest absolute Gasteiger partial charge is 0.302 e. The SMILES string of the molecule is CN(C)C1(CN(C)S(=O)(=O)CC#N)CCC1. The molecule has 0 N–H and O–H groups in total. The number of nitrogens with zero attached hydrogens (tertiary/aromatic N) is 3. The molecule has 0 aromatic rings. The number of likely N-dealkylation sites (N-methyl/N-ethyl adjacent to an activating group) is 2. The van der Waals surface area contributed by atoms with Gasteiger partial charge in [-0.2, -0.15) is 5.26 Å². The molecule has 0 amide bonds. The first-order valence-electron chi connectivity index (χ1n) is 5.32. The molecule has 0 bridgehead atoms. The molecule has 0 spiro atoms. The van der Waals surface area contributed by atoms with Gasteiger partial charge in [0.05, 0.1) is 6.07 Å². The molecular formula is C10H19N3O2S. The van der Waals surface area contributed by atoms with E-state index in [0.29, 0.717) is 6.54 Å². The number of hydrogen-bond donors (Lipinski definition) is 0. The highest BCUT2D eigenvalue weighted by Gasteiger charge is 2.41. The maximum absolute atomic E-state index is 11.7. The topological polar surface area (TPSA) is 64.4 Å². The Kier molecular flexibility index (Phi) is 3.94. The van der Waals surface area contributed by atoms with Gasteiger partial charge >= 0.3 is 0 Å². The Hall–Kier alpha value is -0.640. The number of hydrogen-bond acceptors (Lipinski definition) is 4. The van der Waals surface area contributed by atoms with Crippen LogP contribution in [0.1, 0.15) is 19.3 Å². The van der Waals surface area contributed by atoms with E-state index in [0.717, 1.165) is 19.3 Å². The summed E-state index contributed by atoms with van der Waals surface area (Å²) in [4.78, 5) is 2.09. The Morgan fingerprint density at radius 3 is 2.19 bits per heavy atom. The zero-order valence-corrected chi connectivity index (χ0v) is 10.9. The summed E-state index contributed by atoms with van der Waals surface area (Å²) >= 11 is 0. The van der Waals surface area contributed by atoms with Gasteiger partial charge in [0, 0.05) is 19.1 Å². The molecule has 0 radical (unpaired) electrons. The zero-order chi connectivity index (χ0) is 12.4. The Morgan fingerprint density at radius 1 is 1.31 bits per heavy atom. The highest BCUT2D eigenvalue weighted by molar-refractivity contribution is 7.89. The van der Waals surface area contributed by atoms with Crippen LogP contribution in [0.5, 0.6) is 0 Å². The van der Waals surface area contributed by atoms with Crippen molar-refractivity contribution >= 4 is 10.0 Å². The van der Waals surface area contributed by atoms with Crippen LogP contribution < -0.4 is 0 Å². The van der Waals surface area contributed by atoms with Crippen LogP contribution >= 0.6 is 0 Å². The van der Waals surface area contributed by atoms with Gasteiger partial charge in [-0.1, -0.05) is 0 Å². The second-order valence-electron chi connectivity index (χ2n) is 4.64. The molecule has 5 nitrogen and oxygen atoms in total. The van der Waals surface area contributed by atoms with Crippen molar-refractivity contribution in [3.63, 3.8) is 0 Å². The van der Waals surface area contributed by atoms with Crippen LogP contribution in [0.2, 0.25) is 0 Å². The van der Waals surface area contributed by atoms with Gasteiger partial charge in [-0.05, 0) is 33.4 Å². The maximum atomic E-state index is 11.7. The highest BCUT2D eigenvalue weighted by Crippen LogP contribution is 2.36. The Labute approximate surface area is 97.7 Å². The first-order valence-corrected chi connectivity index (χ1v) is 6.93. The van der Waals surface area contributed by atoms with Crippen molar-refractivity contribution in [1.29, 1.82) is 5.26 Å². The average molecular weight is 245 g/mol. The van der Waals surface area contributed by atoms with Gasteiger partial charge in [-0.15, -0.1) is 0 Å².